The van der Waals surface area contributed by atoms with E-state index >= 15 is 0 Å². The zero-order valence-electron chi connectivity index (χ0n) is 8.99. The molecule has 0 fully saturated rings. The average molecular weight is 192 g/mol. The van der Waals surface area contributed by atoms with Crippen LogP contribution in [0, 0.1) is 0 Å². The molecule has 0 saturated carbocycles. The van der Waals surface area contributed by atoms with Crippen molar-refractivity contribution in [2.75, 3.05) is 0 Å². The molecule has 0 aliphatic carbocycles. The van der Waals surface area contributed by atoms with Gasteiger partial charge >= 0.3 is 0 Å². The van der Waals surface area contributed by atoms with Gasteiger partial charge in [0.05, 0.1) is 0 Å². The number of unbranched alkanes of at least 4 members (excludes halogenated alkanes) is 4. The Bertz CT molecular complexity index is 199. The van der Waals surface area contributed by atoms with Gasteiger partial charge in [-0.25, -0.2) is 0 Å². The fourth-order valence-corrected chi connectivity index (χ4v) is 1.10. The van der Waals surface area contributed by atoms with E-state index in [9.17, 15) is 4.79 Å². The summed E-state index contributed by atoms with van der Waals surface area (Å²) in [4.78, 5) is 9.90. The van der Waals surface area contributed by atoms with Crippen LogP contribution < -0.4 is 0 Å². The van der Waals surface area contributed by atoms with Gasteiger partial charge in [0.15, 0.2) is 0 Å². The lowest BCUT2D eigenvalue weighted by molar-refractivity contribution is -0.104. The highest BCUT2D eigenvalue weighted by atomic mass is 16.1. The third kappa shape index (κ3) is 10.9. The zero-order valence-corrected chi connectivity index (χ0v) is 8.99. The number of carbonyl (C=O) groups excluding carboxylic acids is 1. The van der Waals surface area contributed by atoms with Crippen LogP contribution in [0.3, 0.4) is 0 Å². The second kappa shape index (κ2) is 11.9. The molecule has 0 radical (unpaired) electrons. The van der Waals surface area contributed by atoms with Crippen molar-refractivity contribution in [1.29, 1.82) is 0 Å². The quantitative estimate of drug-likeness (QED) is 0.247. The fourth-order valence-electron chi connectivity index (χ4n) is 1.10. The minimum absolute atomic E-state index is 0.777. The molecule has 0 aromatic heterocycles. The Morgan fingerprint density at radius 1 is 0.857 bits per heavy atom. The largest absolute Gasteiger partial charge is 0.299 e. The predicted molar refractivity (Wildman–Crippen MR) is 62.2 cm³/mol. The molecule has 0 aliphatic rings. The van der Waals surface area contributed by atoms with Gasteiger partial charge in [0.2, 0.25) is 0 Å². The summed E-state index contributed by atoms with van der Waals surface area (Å²) in [5.41, 5.74) is 0. The van der Waals surface area contributed by atoms with Gasteiger partial charge in [0, 0.05) is 0 Å². The first-order chi connectivity index (χ1) is 6.91. The summed E-state index contributed by atoms with van der Waals surface area (Å²) >= 11 is 0. The molecule has 0 saturated heterocycles. The zero-order chi connectivity index (χ0) is 10.5. The first kappa shape index (κ1) is 12.9. The number of hydrogen-bond acceptors (Lipinski definition) is 1. The molecule has 14 heavy (non-hydrogen) atoms. The lowest BCUT2D eigenvalue weighted by Gasteiger charge is -1.92. The first-order valence-corrected chi connectivity index (χ1v) is 5.35. The summed E-state index contributed by atoms with van der Waals surface area (Å²) in [6.45, 7) is 2.22. The second-order valence-corrected chi connectivity index (χ2v) is 3.18. The van der Waals surface area contributed by atoms with Gasteiger partial charge in [-0.15, -0.1) is 0 Å². The molecule has 78 valence electrons. The van der Waals surface area contributed by atoms with E-state index in [1.807, 2.05) is 18.2 Å². The van der Waals surface area contributed by atoms with Gasteiger partial charge in [-0.05, 0) is 18.9 Å². The monoisotopic (exact) mass is 192 g/mol. The number of hydrogen-bond donors (Lipinski definition) is 0. The Morgan fingerprint density at radius 3 is 2.29 bits per heavy atom. The van der Waals surface area contributed by atoms with Crippen LogP contribution in [0.25, 0.3) is 0 Å². The summed E-state index contributed by atoms with van der Waals surface area (Å²) < 4.78 is 0. The lowest BCUT2D eigenvalue weighted by atomic mass is 10.1. The maximum absolute atomic E-state index is 9.90. The lowest BCUT2D eigenvalue weighted by Crippen LogP contribution is -1.72. The van der Waals surface area contributed by atoms with Crippen molar-refractivity contribution in [3.63, 3.8) is 0 Å². The molecular weight excluding hydrogens is 172 g/mol. The van der Waals surface area contributed by atoms with Crippen molar-refractivity contribution in [1.82, 2.24) is 0 Å². The van der Waals surface area contributed by atoms with Crippen LogP contribution in [-0.4, -0.2) is 6.29 Å². The number of allylic oxidation sites excluding steroid dienone is 6. The third-order valence-corrected chi connectivity index (χ3v) is 1.88. The Morgan fingerprint density at radius 2 is 1.57 bits per heavy atom. The van der Waals surface area contributed by atoms with E-state index < -0.39 is 0 Å². The average Bonchev–Trinajstić information content (AvgIpc) is 2.21. The van der Waals surface area contributed by atoms with Gasteiger partial charge in [0.25, 0.3) is 0 Å². The molecule has 1 heteroatoms. The van der Waals surface area contributed by atoms with Crippen molar-refractivity contribution < 1.29 is 4.79 Å². The summed E-state index contributed by atoms with van der Waals surface area (Å²) in [5.74, 6) is 0. The third-order valence-electron chi connectivity index (χ3n) is 1.88. The van der Waals surface area contributed by atoms with Crippen molar-refractivity contribution in [3.05, 3.63) is 36.5 Å². The number of rotatable bonds is 8. The SMILES string of the molecule is CCCCCCC=C/C=C/C=C\C=O. The van der Waals surface area contributed by atoms with Gasteiger partial charge in [-0.3, -0.25) is 4.79 Å². The summed E-state index contributed by atoms with van der Waals surface area (Å²) in [6, 6.07) is 0. The molecule has 0 aromatic rings. The molecule has 0 heterocycles. The molecule has 0 aliphatic heterocycles. The normalized spacial score (nSPS) is 12.1. The van der Waals surface area contributed by atoms with E-state index in [0.29, 0.717) is 0 Å². The van der Waals surface area contributed by atoms with E-state index in [-0.39, 0.29) is 0 Å². The molecule has 1 nitrogen and oxygen atoms in total. The second-order valence-electron chi connectivity index (χ2n) is 3.18. The smallest absolute Gasteiger partial charge is 0.142 e. The molecule has 0 rings (SSSR count). The van der Waals surface area contributed by atoms with Crippen molar-refractivity contribution in [2.24, 2.45) is 0 Å². The topological polar surface area (TPSA) is 17.1 Å². The van der Waals surface area contributed by atoms with Crippen LogP contribution in [0.2, 0.25) is 0 Å². The van der Waals surface area contributed by atoms with Crippen molar-refractivity contribution >= 4 is 6.29 Å². The van der Waals surface area contributed by atoms with Gasteiger partial charge < -0.3 is 0 Å². The van der Waals surface area contributed by atoms with E-state index in [4.69, 9.17) is 0 Å². The molecule has 0 unspecified atom stereocenters. The highest BCUT2D eigenvalue weighted by Crippen LogP contribution is 2.02. The van der Waals surface area contributed by atoms with Crippen LogP contribution in [0.5, 0.6) is 0 Å². The standard InChI is InChI=1S/C13H20O/c1-2-3-4-5-6-7-8-9-10-11-12-13-14/h7-13H,2-6H2,1H3/b8-7?,10-9+,12-11-. The maximum atomic E-state index is 9.90. The highest BCUT2D eigenvalue weighted by Gasteiger charge is 1.82. The molecule has 0 amide bonds. The van der Waals surface area contributed by atoms with E-state index in [2.05, 4.69) is 13.0 Å². The Labute approximate surface area is 87.2 Å². The number of aldehydes is 1. The number of carbonyl (C=O) groups is 1. The predicted octanol–water partition coefficient (Wildman–Crippen LogP) is 3.82. The van der Waals surface area contributed by atoms with E-state index in [1.54, 1.807) is 6.08 Å². The maximum Gasteiger partial charge on any atom is 0.142 e. The van der Waals surface area contributed by atoms with Crippen LogP contribution >= 0.6 is 0 Å². The summed E-state index contributed by atoms with van der Waals surface area (Å²) in [5, 5.41) is 0. The van der Waals surface area contributed by atoms with Crippen LogP contribution in [-0.2, 0) is 4.79 Å². The van der Waals surface area contributed by atoms with E-state index in [1.165, 1.54) is 31.8 Å². The Hall–Kier alpha value is -1.11. The summed E-state index contributed by atoms with van der Waals surface area (Å²) in [7, 11) is 0. The Kier molecular flexibility index (Phi) is 10.9. The molecule has 0 N–H and O–H groups in total. The van der Waals surface area contributed by atoms with Crippen molar-refractivity contribution in [2.45, 2.75) is 39.0 Å². The van der Waals surface area contributed by atoms with Gasteiger partial charge in [0.1, 0.15) is 6.29 Å². The molecular formula is C13H20O. The van der Waals surface area contributed by atoms with Gasteiger partial charge in [-0.2, -0.15) is 0 Å². The van der Waals surface area contributed by atoms with Crippen LogP contribution in [0.15, 0.2) is 36.5 Å². The Balaban J connectivity index is 3.30. The van der Waals surface area contributed by atoms with Crippen molar-refractivity contribution in [3.8, 4) is 0 Å². The fraction of sp³-hybridized carbons (Fsp3) is 0.462. The van der Waals surface area contributed by atoms with E-state index in [0.717, 1.165) is 12.7 Å². The van der Waals surface area contributed by atoms with Gasteiger partial charge in [-0.1, -0.05) is 56.6 Å². The molecule has 0 spiro atoms. The first-order valence-electron chi connectivity index (χ1n) is 5.35. The minimum atomic E-state index is 0.777. The summed E-state index contributed by atoms with van der Waals surface area (Å²) in [6.07, 6.45) is 18.4. The molecule has 0 atom stereocenters. The molecule has 0 bridgehead atoms. The highest BCUT2D eigenvalue weighted by molar-refractivity contribution is 5.65. The molecule has 0 aromatic carbocycles. The van der Waals surface area contributed by atoms with Crippen LogP contribution in [0.1, 0.15) is 39.0 Å². The van der Waals surface area contributed by atoms with Crippen LogP contribution in [0.4, 0.5) is 0 Å². The minimum Gasteiger partial charge on any atom is -0.299 e.